The Morgan fingerprint density at radius 1 is 1.11 bits per heavy atom. The van der Waals surface area contributed by atoms with Crippen molar-refractivity contribution in [3.63, 3.8) is 0 Å². The fraction of sp³-hybridized carbons (Fsp3) is 0.467. The van der Waals surface area contributed by atoms with Crippen molar-refractivity contribution in [2.45, 2.75) is 45.6 Å². The largest absolute Gasteiger partial charge is 0.299 e. The van der Waals surface area contributed by atoms with Crippen LogP contribution in [0.15, 0.2) is 30.3 Å². The highest BCUT2D eigenvalue weighted by atomic mass is 35.5. The smallest absolute Gasteiger partial charge is 0.225 e. The summed E-state index contributed by atoms with van der Waals surface area (Å²) in [5.74, 6) is 1.30. The molecular formula is C15H20ClN3. The van der Waals surface area contributed by atoms with E-state index in [4.69, 9.17) is 11.6 Å². The molecule has 0 bridgehead atoms. The van der Waals surface area contributed by atoms with Gasteiger partial charge in [0.1, 0.15) is 5.82 Å². The lowest BCUT2D eigenvalue weighted by atomic mass is 10.1. The highest BCUT2D eigenvalue weighted by Gasteiger charge is 2.18. The van der Waals surface area contributed by atoms with Gasteiger partial charge in [0.2, 0.25) is 5.28 Å². The molecule has 0 saturated heterocycles. The summed E-state index contributed by atoms with van der Waals surface area (Å²) < 4.78 is 2.05. The fourth-order valence-electron chi connectivity index (χ4n) is 2.23. The Bertz CT molecular complexity index is 519. The quantitative estimate of drug-likeness (QED) is 0.818. The number of hydrogen-bond acceptors (Lipinski definition) is 2. The van der Waals surface area contributed by atoms with E-state index in [0.29, 0.717) is 17.2 Å². The van der Waals surface area contributed by atoms with Gasteiger partial charge in [0.15, 0.2) is 0 Å². The maximum atomic E-state index is 6.15. The van der Waals surface area contributed by atoms with Gasteiger partial charge in [0.05, 0.1) is 0 Å². The van der Waals surface area contributed by atoms with Crippen LogP contribution in [0.3, 0.4) is 0 Å². The van der Waals surface area contributed by atoms with Crippen LogP contribution in [0, 0.1) is 0 Å². The first-order valence-electron chi connectivity index (χ1n) is 6.73. The average Bonchev–Trinajstić information content (AvgIpc) is 2.79. The maximum absolute atomic E-state index is 6.15. The van der Waals surface area contributed by atoms with Crippen LogP contribution in [-0.4, -0.2) is 14.8 Å². The van der Waals surface area contributed by atoms with Crippen LogP contribution < -0.4 is 0 Å². The number of halogens is 1. The molecule has 1 unspecified atom stereocenters. The summed E-state index contributed by atoms with van der Waals surface area (Å²) in [6, 6.07) is 10.8. The second-order valence-corrected chi connectivity index (χ2v) is 5.56. The Morgan fingerprint density at radius 3 is 2.42 bits per heavy atom. The predicted molar refractivity (Wildman–Crippen MR) is 78.6 cm³/mol. The van der Waals surface area contributed by atoms with Gasteiger partial charge in [0.25, 0.3) is 0 Å². The molecule has 102 valence electrons. The Morgan fingerprint density at radius 2 is 1.79 bits per heavy atom. The van der Waals surface area contributed by atoms with Crippen LogP contribution in [0.1, 0.15) is 50.5 Å². The van der Waals surface area contributed by atoms with Crippen LogP contribution in [0.5, 0.6) is 0 Å². The van der Waals surface area contributed by atoms with Gasteiger partial charge in [-0.05, 0) is 36.9 Å². The lowest BCUT2D eigenvalue weighted by Crippen LogP contribution is -2.11. The molecule has 0 aliphatic carbocycles. The third kappa shape index (κ3) is 3.35. The molecule has 0 radical (unpaired) electrons. The highest BCUT2D eigenvalue weighted by molar-refractivity contribution is 6.28. The third-order valence-electron chi connectivity index (χ3n) is 3.33. The number of aryl methyl sites for hydroxylation is 1. The molecule has 1 aromatic carbocycles. The summed E-state index contributed by atoms with van der Waals surface area (Å²) in [6.07, 6.45) is 2.07. The Hall–Kier alpha value is -1.35. The van der Waals surface area contributed by atoms with E-state index in [1.807, 2.05) is 6.07 Å². The van der Waals surface area contributed by atoms with Gasteiger partial charge in [-0.3, -0.25) is 4.57 Å². The molecule has 3 nitrogen and oxygen atoms in total. The normalized spacial score (nSPS) is 12.9. The van der Waals surface area contributed by atoms with Crippen molar-refractivity contribution < 1.29 is 0 Å². The first-order chi connectivity index (χ1) is 9.09. The summed E-state index contributed by atoms with van der Waals surface area (Å²) >= 11 is 6.15. The van der Waals surface area contributed by atoms with E-state index in [1.54, 1.807) is 0 Å². The molecule has 1 atom stereocenters. The van der Waals surface area contributed by atoms with Crippen molar-refractivity contribution in [3.8, 4) is 0 Å². The Kier molecular flexibility index (Phi) is 4.59. The van der Waals surface area contributed by atoms with E-state index in [9.17, 15) is 0 Å². The number of hydrogen-bond donors (Lipinski definition) is 0. The van der Waals surface area contributed by atoms with E-state index in [1.165, 1.54) is 5.56 Å². The summed E-state index contributed by atoms with van der Waals surface area (Å²) in [5, 5.41) is 8.65. The molecule has 0 spiro atoms. The third-order valence-corrected chi connectivity index (χ3v) is 3.59. The maximum Gasteiger partial charge on any atom is 0.225 e. The van der Waals surface area contributed by atoms with E-state index < -0.39 is 0 Å². The van der Waals surface area contributed by atoms with Crippen LogP contribution in [0.2, 0.25) is 5.28 Å². The van der Waals surface area contributed by atoms with Crippen LogP contribution in [0.4, 0.5) is 0 Å². The second kappa shape index (κ2) is 6.20. The molecule has 0 aliphatic heterocycles. The van der Waals surface area contributed by atoms with Crippen molar-refractivity contribution in [2.75, 3.05) is 0 Å². The Balaban J connectivity index is 2.08. The van der Waals surface area contributed by atoms with Gasteiger partial charge in [-0.25, -0.2) is 0 Å². The summed E-state index contributed by atoms with van der Waals surface area (Å²) in [5.41, 5.74) is 1.35. The molecule has 2 rings (SSSR count). The number of nitrogens with zero attached hydrogens (tertiary/aromatic N) is 3. The standard InChI is InChI=1S/C15H20ClN3/c1-11(2)14-17-18-15(16)19(14)12(3)9-10-13-7-5-4-6-8-13/h4-8,11-12H,9-10H2,1-3H3. The molecule has 0 amide bonds. The van der Waals surface area contributed by atoms with Crippen molar-refractivity contribution in [1.29, 1.82) is 0 Å². The first kappa shape index (κ1) is 14.1. The second-order valence-electron chi connectivity index (χ2n) is 5.23. The monoisotopic (exact) mass is 277 g/mol. The van der Waals surface area contributed by atoms with E-state index in [2.05, 4.69) is 59.8 Å². The lowest BCUT2D eigenvalue weighted by Gasteiger charge is -2.17. The van der Waals surface area contributed by atoms with Gasteiger partial charge in [0, 0.05) is 12.0 Å². The van der Waals surface area contributed by atoms with Gasteiger partial charge >= 0.3 is 0 Å². The minimum atomic E-state index is 0.306. The fourth-order valence-corrected chi connectivity index (χ4v) is 2.52. The van der Waals surface area contributed by atoms with Crippen molar-refractivity contribution in [2.24, 2.45) is 0 Å². The van der Waals surface area contributed by atoms with Gasteiger partial charge < -0.3 is 0 Å². The average molecular weight is 278 g/mol. The van der Waals surface area contributed by atoms with Gasteiger partial charge in [-0.1, -0.05) is 44.2 Å². The Labute approximate surface area is 119 Å². The summed E-state index contributed by atoms with van der Waals surface area (Å²) in [6.45, 7) is 6.39. The SMILES string of the molecule is CC(C)c1nnc(Cl)n1C(C)CCc1ccccc1. The van der Waals surface area contributed by atoms with E-state index in [-0.39, 0.29) is 0 Å². The van der Waals surface area contributed by atoms with Gasteiger partial charge in [-0.15, -0.1) is 10.2 Å². The molecule has 0 N–H and O–H groups in total. The molecule has 0 fully saturated rings. The van der Waals surface area contributed by atoms with E-state index >= 15 is 0 Å². The van der Waals surface area contributed by atoms with Crippen LogP contribution in [0.25, 0.3) is 0 Å². The lowest BCUT2D eigenvalue weighted by molar-refractivity contribution is 0.479. The van der Waals surface area contributed by atoms with Crippen molar-refractivity contribution in [3.05, 3.63) is 47.0 Å². The summed E-state index contributed by atoms with van der Waals surface area (Å²) in [4.78, 5) is 0. The number of benzene rings is 1. The topological polar surface area (TPSA) is 30.7 Å². The number of rotatable bonds is 5. The zero-order valence-corrected chi connectivity index (χ0v) is 12.4. The molecule has 0 aliphatic rings. The molecule has 0 saturated carbocycles. The molecule has 19 heavy (non-hydrogen) atoms. The zero-order valence-electron chi connectivity index (χ0n) is 11.7. The van der Waals surface area contributed by atoms with Crippen LogP contribution >= 0.6 is 11.6 Å². The molecule has 1 aromatic heterocycles. The molecule has 1 heterocycles. The minimum Gasteiger partial charge on any atom is -0.299 e. The molecule has 4 heteroatoms. The van der Waals surface area contributed by atoms with Crippen molar-refractivity contribution >= 4 is 11.6 Å². The van der Waals surface area contributed by atoms with Crippen molar-refractivity contribution in [1.82, 2.24) is 14.8 Å². The first-order valence-corrected chi connectivity index (χ1v) is 7.11. The number of aromatic nitrogens is 3. The highest BCUT2D eigenvalue weighted by Crippen LogP contribution is 2.24. The predicted octanol–water partition coefficient (Wildman–Crippen LogP) is 4.25. The summed E-state index contributed by atoms with van der Waals surface area (Å²) in [7, 11) is 0. The van der Waals surface area contributed by atoms with Gasteiger partial charge in [-0.2, -0.15) is 0 Å². The molecular weight excluding hydrogens is 258 g/mol. The van der Waals surface area contributed by atoms with Crippen LogP contribution in [-0.2, 0) is 6.42 Å². The molecule has 2 aromatic rings. The zero-order chi connectivity index (χ0) is 13.8. The minimum absolute atomic E-state index is 0.306. The van der Waals surface area contributed by atoms with E-state index in [0.717, 1.165) is 18.7 Å².